The first-order chi connectivity index (χ1) is 9.31. The molecule has 0 bridgehead atoms. The quantitative estimate of drug-likeness (QED) is 0.873. The number of amides is 1. The molecule has 6 heteroatoms. The summed E-state index contributed by atoms with van der Waals surface area (Å²) in [6.07, 6.45) is 0.792. The Morgan fingerprint density at radius 3 is 2.70 bits per heavy atom. The van der Waals surface area contributed by atoms with E-state index in [-0.39, 0.29) is 16.7 Å². The molecule has 1 aromatic carbocycles. The summed E-state index contributed by atoms with van der Waals surface area (Å²) in [5, 5.41) is 2.73. The highest BCUT2D eigenvalue weighted by molar-refractivity contribution is 7.89. The number of sulfonamides is 1. The fourth-order valence-corrected chi connectivity index (χ4v) is 3.21. The van der Waals surface area contributed by atoms with E-state index in [2.05, 4.69) is 10.0 Å². The van der Waals surface area contributed by atoms with Crippen molar-refractivity contribution in [2.24, 2.45) is 5.92 Å². The van der Waals surface area contributed by atoms with E-state index in [1.165, 1.54) is 6.07 Å². The van der Waals surface area contributed by atoms with Crippen LogP contribution in [-0.4, -0.2) is 20.9 Å². The van der Waals surface area contributed by atoms with E-state index >= 15 is 0 Å². The van der Waals surface area contributed by atoms with E-state index < -0.39 is 10.0 Å². The molecule has 110 valence electrons. The number of nitrogens with one attached hydrogen (secondary N) is 2. The van der Waals surface area contributed by atoms with Gasteiger partial charge in [0.2, 0.25) is 15.9 Å². The summed E-state index contributed by atoms with van der Waals surface area (Å²) in [6.45, 7) is 6.28. The van der Waals surface area contributed by atoms with Crippen molar-refractivity contribution < 1.29 is 13.2 Å². The maximum Gasteiger partial charge on any atom is 0.240 e. The van der Waals surface area contributed by atoms with Crippen LogP contribution in [0.3, 0.4) is 0 Å². The van der Waals surface area contributed by atoms with Gasteiger partial charge in [0.05, 0.1) is 10.8 Å². The van der Waals surface area contributed by atoms with Crippen LogP contribution in [0.4, 0.5) is 5.69 Å². The molecule has 0 saturated heterocycles. The summed E-state index contributed by atoms with van der Waals surface area (Å²) in [5.74, 6) is 0.0395. The molecule has 0 spiro atoms. The van der Waals surface area contributed by atoms with Crippen LogP contribution >= 0.6 is 0 Å². The van der Waals surface area contributed by atoms with Crippen LogP contribution < -0.4 is 10.0 Å². The molecule has 5 nitrogen and oxygen atoms in total. The molecule has 2 rings (SSSR count). The van der Waals surface area contributed by atoms with Crippen molar-refractivity contribution in [1.82, 2.24) is 4.72 Å². The van der Waals surface area contributed by atoms with Crippen LogP contribution in [0.2, 0.25) is 0 Å². The van der Waals surface area contributed by atoms with Gasteiger partial charge in [0.1, 0.15) is 0 Å². The first kappa shape index (κ1) is 15.0. The Balaban J connectivity index is 2.20. The number of hydrogen-bond donors (Lipinski definition) is 2. The molecule has 0 radical (unpaired) electrons. The Bertz CT molecular complexity index is 623. The lowest BCUT2D eigenvalue weighted by Gasteiger charge is -2.10. The maximum atomic E-state index is 12.2. The second-order valence-corrected chi connectivity index (χ2v) is 7.31. The van der Waals surface area contributed by atoms with Gasteiger partial charge in [-0.25, -0.2) is 13.1 Å². The molecule has 0 saturated carbocycles. The van der Waals surface area contributed by atoms with Crippen molar-refractivity contribution in [2.75, 3.05) is 11.9 Å². The van der Waals surface area contributed by atoms with Gasteiger partial charge in [-0.1, -0.05) is 13.8 Å². The molecule has 0 unspecified atom stereocenters. The van der Waals surface area contributed by atoms with Crippen molar-refractivity contribution in [3.63, 3.8) is 0 Å². The van der Waals surface area contributed by atoms with Crippen molar-refractivity contribution in [3.8, 4) is 0 Å². The molecule has 1 aliphatic heterocycles. The zero-order valence-corrected chi connectivity index (χ0v) is 12.8. The molecule has 1 aliphatic rings. The molecule has 1 amide bonds. The van der Waals surface area contributed by atoms with Crippen molar-refractivity contribution in [3.05, 3.63) is 23.8 Å². The summed E-state index contributed by atoms with van der Waals surface area (Å²) in [5.41, 5.74) is 1.44. The molecule has 2 N–H and O–H groups in total. The second-order valence-electron chi connectivity index (χ2n) is 5.54. The van der Waals surface area contributed by atoms with Gasteiger partial charge < -0.3 is 5.32 Å². The Morgan fingerprint density at radius 1 is 1.35 bits per heavy atom. The molecule has 0 aromatic heterocycles. The molecule has 1 aromatic rings. The van der Waals surface area contributed by atoms with E-state index in [1.54, 1.807) is 19.1 Å². The van der Waals surface area contributed by atoms with Gasteiger partial charge in [0.15, 0.2) is 0 Å². The number of carbonyl (C=O) groups is 1. The Kier molecular flexibility index (Phi) is 4.15. The van der Waals surface area contributed by atoms with E-state index in [0.717, 1.165) is 12.0 Å². The van der Waals surface area contributed by atoms with Gasteiger partial charge in [-0.05, 0) is 43.0 Å². The monoisotopic (exact) mass is 296 g/mol. The third-order valence-corrected chi connectivity index (χ3v) is 4.92. The average Bonchev–Trinajstić information content (AvgIpc) is 2.64. The highest BCUT2D eigenvalue weighted by Crippen LogP contribution is 2.33. The van der Waals surface area contributed by atoms with Gasteiger partial charge in [-0.15, -0.1) is 0 Å². The summed E-state index contributed by atoms with van der Waals surface area (Å²) < 4.78 is 27.0. The predicted octanol–water partition coefficient (Wildman–Crippen LogP) is 2.07. The smallest absolute Gasteiger partial charge is 0.240 e. The number of hydrogen-bond acceptors (Lipinski definition) is 3. The fraction of sp³-hybridized carbons (Fsp3) is 0.500. The SMILES string of the molecule is CC(C)CCNS(=O)(=O)c1ccc2c(c1)[C@@H](C)C(=O)N2. The third kappa shape index (κ3) is 3.02. The third-order valence-electron chi connectivity index (χ3n) is 3.46. The van der Waals surface area contributed by atoms with Crippen LogP contribution in [0.25, 0.3) is 0 Å². The summed E-state index contributed by atoms with van der Waals surface area (Å²) >= 11 is 0. The molecule has 1 atom stereocenters. The lowest BCUT2D eigenvalue weighted by atomic mass is 10.0. The van der Waals surface area contributed by atoms with Gasteiger partial charge in [0.25, 0.3) is 0 Å². The van der Waals surface area contributed by atoms with Gasteiger partial charge in [-0.3, -0.25) is 4.79 Å². The number of carbonyl (C=O) groups excluding carboxylic acids is 1. The van der Waals surface area contributed by atoms with Crippen molar-refractivity contribution in [1.29, 1.82) is 0 Å². The van der Waals surface area contributed by atoms with E-state index in [0.29, 0.717) is 18.2 Å². The number of rotatable bonds is 5. The standard InChI is InChI=1S/C14H20N2O3S/c1-9(2)6-7-15-20(18,19)11-4-5-13-12(8-11)10(3)14(17)16-13/h4-5,8-10,15H,6-7H2,1-3H3,(H,16,17)/t10-/m1/s1. The number of fused-ring (bicyclic) bond motifs is 1. The van der Waals surface area contributed by atoms with Gasteiger partial charge in [-0.2, -0.15) is 0 Å². The lowest BCUT2D eigenvalue weighted by Crippen LogP contribution is -2.25. The number of anilines is 1. The second kappa shape index (κ2) is 5.54. The normalized spacial score (nSPS) is 18.2. The van der Waals surface area contributed by atoms with Crippen LogP contribution in [0.1, 0.15) is 38.7 Å². The van der Waals surface area contributed by atoms with Crippen LogP contribution in [0.15, 0.2) is 23.1 Å². The molecular weight excluding hydrogens is 276 g/mol. The fourth-order valence-electron chi connectivity index (χ4n) is 2.13. The topological polar surface area (TPSA) is 75.3 Å². The molecule has 1 heterocycles. The van der Waals surface area contributed by atoms with Gasteiger partial charge in [0, 0.05) is 12.2 Å². The Labute approximate surface area is 119 Å². The average molecular weight is 296 g/mol. The molecule has 20 heavy (non-hydrogen) atoms. The largest absolute Gasteiger partial charge is 0.325 e. The lowest BCUT2D eigenvalue weighted by molar-refractivity contribution is -0.116. The highest BCUT2D eigenvalue weighted by atomic mass is 32.2. The zero-order chi connectivity index (χ0) is 14.9. The summed E-state index contributed by atoms with van der Waals surface area (Å²) in [4.78, 5) is 11.8. The highest BCUT2D eigenvalue weighted by Gasteiger charge is 2.28. The van der Waals surface area contributed by atoms with Gasteiger partial charge >= 0.3 is 0 Å². The van der Waals surface area contributed by atoms with Crippen molar-refractivity contribution in [2.45, 2.75) is 38.0 Å². The zero-order valence-electron chi connectivity index (χ0n) is 11.9. The van der Waals surface area contributed by atoms with Crippen LogP contribution in [0, 0.1) is 5.92 Å². The van der Waals surface area contributed by atoms with Crippen molar-refractivity contribution >= 4 is 21.6 Å². The summed E-state index contributed by atoms with van der Waals surface area (Å²) in [7, 11) is -3.51. The number of benzene rings is 1. The minimum atomic E-state index is -3.51. The minimum absolute atomic E-state index is 0.0951. The maximum absolute atomic E-state index is 12.2. The first-order valence-electron chi connectivity index (χ1n) is 6.75. The molecular formula is C14H20N2O3S. The van der Waals surface area contributed by atoms with Crippen LogP contribution in [-0.2, 0) is 14.8 Å². The molecule has 0 aliphatic carbocycles. The Hall–Kier alpha value is -1.40. The molecule has 0 fully saturated rings. The van der Waals surface area contributed by atoms with Crippen LogP contribution in [0.5, 0.6) is 0 Å². The summed E-state index contributed by atoms with van der Waals surface area (Å²) in [6, 6.07) is 4.75. The van der Waals surface area contributed by atoms with E-state index in [9.17, 15) is 13.2 Å². The Morgan fingerprint density at radius 2 is 2.05 bits per heavy atom. The first-order valence-corrected chi connectivity index (χ1v) is 8.24. The minimum Gasteiger partial charge on any atom is -0.325 e. The predicted molar refractivity (Wildman–Crippen MR) is 78.1 cm³/mol. The van der Waals surface area contributed by atoms with E-state index in [4.69, 9.17) is 0 Å². The van der Waals surface area contributed by atoms with E-state index in [1.807, 2.05) is 13.8 Å².